The highest BCUT2D eigenvalue weighted by molar-refractivity contribution is 4.57. The fourth-order valence-corrected chi connectivity index (χ4v) is 1.42. The molecule has 1 atom stereocenters. The largest absolute Gasteiger partial charge is 0.394 e. The molecule has 110 valence electrons. The van der Waals surface area contributed by atoms with E-state index in [9.17, 15) is 0 Å². The van der Waals surface area contributed by atoms with Crippen molar-refractivity contribution in [3.8, 4) is 0 Å². The van der Waals surface area contributed by atoms with E-state index in [-0.39, 0.29) is 12.5 Å². The van der Waals surface area contributed by atoms with Crippen molar-refractivity contribution in [3.05, 3.63) is 0 Å². The van der Waals surface area contributed by atoms with Crippen LogP contribution in [0, 0.1) is 11.8 Å². The normalized spacial score (nSPS) is 13.2. The van der Waals surface area contributed by atoms with E-state index < -0.39 is 0 Å². The van der Waals surface area contributed by atoms with Crippen LogP contribution in [0.3, 0.4) is 0 Å². The van der Waals surface area contributed by atoms with Gasteiger partial charge in [-0.2, -0.15) is 0 Å². The Hall–Kier alpha value is -0.160. The van der Waals surface area contributed by atoms with Crippen LogP contribution in [0.15, 0.2) is 0 Å². The van der Waals surface area contributed by atoms with Crippen LogP contribution >= 0.6 is 0 Å². The lowest BCUT2D eigenvalue weighted by Gasteiger charge is -2.17. The van der Waals surface area contributed by atoms with Gasteiger partial charge in [-0.15, -0.1) is 0 Å². The van der Waals surface area contributed by atoms with E-state index in [0.717, 1.165) is 26.1 Å². The van der Waals surface area contributed by atoms with Gasteiger partial charge in [-0.1, -0.05) is 20.8 Å². The molecule has 0 aromatic carbocycles. The molecule has 0 amide bonds. The fraction of sp³-hybridized carbons (Fsp3) is 1.00. The first-order valence-electron chi connectivity index (χ1n) is 7.04. The van der Waals surface area contributed by atoms with Gasteiger partial charge in [-0.25, -0.2) is 0 Å². The standard InChI is InChI=1S/C14H30O4/c1-4-7-16-10-14(12-18-9-6-15)11-17-8-5-13(2)3/h13-15H,4-12H2,1-3H3. The Morgan fingerprint density at radius 1 is 0.889 bits per heavy atom. The number of aliphatic hydroxyl groups is 1. The zero-order valence-corrected chi connectivity index (χ0v) is 12.2. The van der Waals surface area contributed by atoms with Crippen molar-refractivity contribution in [1.29, 1.82) is 0 Å². The minimum atomic E-state index is 0.0662. The molecule has 0 saturated carbocycles. The monoisotopic (exact) mass is 262 g/mol. The highest BCUT2D eigenvalue weighted by Crippen LogP contribution is 2.04. The lowest BCUT2D eigenvalue weighted by Crippen LogP contribution is -2.23. The van der Waals surface area contributed by atoms with Crippen LogP contribution in [0.25, 0.3) is 0 Å². The van der Waals surface area contributed by atoms with Gasteiger partial charge in [-0.05, 0) is 18.8 Å². The molecule has 0 spiro atoms. The molecule has 0 radical (unpaired) electrons. The molecule has 0 aliphatic rings. The minimum absolute atomic E-state index is 0.0662. The van der Waals surface area contributed by atoms with Crippen molar-refractivity contribution in [2.75, 3.05) is 46.2 Å². The van der Waals surface area contributed by atoms with Crippen molar-refractivity contribution in [2.24, 2.45) is 11.8 Å². The number of rotatable bonds is 13. The molecule has 4 nitrogen and oxygen atoms in total. The summed E-state index contributed by atoms with van der Waals surface area (Å²) >= 11 is 0. The first-order chi connectivity index (χ1) is 8.70. The molecule has 0 heterocycles. The Morgan fingerprint density at radius 2 is 1.44 bits per heavy atom. The molecule has 0 fully saturated rings. The summed E-state index contributed by atoms with van der Waals surface area (Å²) in [7, 11) is 0. The smallest absolute Gasteiger partial charge is 0.0697 e. The summed E-state index contributed by atoms with van der Waals surface area (Å²) in [5.41, 5.74) is 0. The van der Waals surface area contributed by atoms with Gasteiger partial charge >= 0.3 is 0 Å². The quantitative estimate of drug-likeness (QED) is 0.516. The fourth-order valence-electron chi connectivity index (χ4n) is 1.42. The molecule has 4 heteroatoms. The van der Waals surface area contributed by atoms with Crippen molar-refractivity contribution in [1.82, 2.24) is 0 Å². The summed E-state index contributed by atoms with van der Waals surface area (Å²) in [6, 6.07) is 0. The van der Waals surface area contributed by atoms with Crippen molar-refractivity contribution < 1.29 is 19.3 Å². The first-order valence-corrected chi connectivity index (χ1v) is 7.04. The Bertz CT molecular complexity index is 152. The number of ether oxygens (including phenoxy) is 3. The highest BCUT2D eigenvalue weighted by Gasteiger charge is 2.10. The number of aliphatic hydroxyl groups excluding tert-OH is 1. The van der Waals surface area contributed by atoms with Crippen LogP contribution < -0.4 is 0 Å². The molecular weight excluding hydrogens is 232 g/mol. The summed E-state index contributed by atoms with van der Waals surface area (Å²) in [6.45, 7) is 10.4. The number of hydrogen-bond donors (Lipinski definition) is 1. The third kappa shape index (κ3) is 12.3. The molecule has 0 aliphatic heterocycles. The van der Waals surface area contributed by atoms with Crippen LogP contribution in [-0.4, -0.2) is 51.4 Å². The molecular formula is C14H30O4. The second-order valence-corrected chi connectivity index (χ2v) is 5.00. The third-order valence-corrected chi connectivity index (χ3v) is 2.48. The lowest BCUT2D eigenvalue weighted by atomic mass is 10.1. The van der Waals surface area contributed by atoms with Gasteiger partial charge in [0.15, 0.2) is 0 Å². The van der Waals surface area contributed by atoms with E-state index in [2.05, 4.69) is 20.8 Å². The average molecular weight is 262 g/mol. The van der Waals surface area contributed by atoms with Crippen molar-refractivity contribution in [2.45, 2.75) is 33.6 Å². The van der Waals surface area contributed by atoms with E-state index in [1.54, 1.807) is 0 Å². The van der Waals surface area contributed by atoms with E-state index >= 15 is 0 Å². The highest BCUT2D eigenvalue weighted by atomic mass is 16.5. The predicted molar refractivity (Wildman–Crippen MR) is 72.8 cm³/mol. The molecule has 1 unspecified atom stereocenters. The third-order valence-electron chi connectivity index (χ3n) is 2.48. The zero-order chi connectivity index (χ0) is 13.6. The zero-order valence-electron chi connectivity index (χ0n) is 12.2. The van der Waals surface area contributed by atoms with Crippen LogP contribution in [-0.2, 0) is 14.2 Å². The first kappa shape index (κ1) is 17.8. The van der Waals surface area contributed by atoms with Crippen LogP contribution in [0.4, 0.5) is 0 Å². The molecule has 1 N–H and O–H groups in total. The molecule has 0 aliphatic carbocycles. The Morgan fingerprint density at radius 3 is 1.94 bits per heavy atom. The van der Waals surface area contributed by atoms with E-state index in [4.69, 9.17) is 19.3 Å². The predicted octanol–water partition coefficient (Wildman–Crippen LogP) is 2.10. The van der Waals surface area contributed by atoms with E-state index in [1.807, 2.05) is 0 Å². The van der Waals surface area contributed by atoms with Gasteiger partial charge in [0.25, 0.3) is 0 Å². The summed E-state index contributed by atoms with van der Waals surface area (Å²) < 4.78 is 16.5. The van der Waals surface area contributed by atoms with Crippen molar-refractivity contribution >= 4 is 0 Å². The Labute approximate surface area is 112 Å². The van der Waals surface area contributed by atoms with Gasteiger partial charge in [0.05, 0.1) is 33.0 Å². The molecule has 0 aromatic heterocycles. The Balaban J connectivity index is 3.66. The lowest BCUT2D eigenvalue weighted by molar-refractivity contribution is -0.0135. The Kier molecular flexibility index (Phi) is 13.2. The maximum atomic E-state index is 8.68. The minimum Gasteiger partial charge on any atom is -0.394 e. The molecule has 0 bridgehead atoms. The van der Waals surface area contributed by atoms with E-state index in [0.29, 0.717) is 32.3 Å². The van der Waals surface area contributed by atoms with Gasteiger partial charge in [0, 0.05) is 19.1 Å². The SMILES string of the molecule is CCCOCC(COCCO)COCCC(C)C. The van der Waals surface area contributed by atoms with Gasteiger partial charge in [0.2, 0.25) is 0 Å². The summed E-state index contributed by atoms with van der Waals surface area (Å²) in [6.07, 6.45) is 2.11. The summed E-state index contributed by atoms with van der Waals surface area (Å²) in [5.74, 6) is 0.931. The second kappa shape index (κ2) is 13.3. The second-order valence-electron chi connectivity index (χ2n) is 5.00. The van der Waals surface area contributed by atoms with E-state index in [1.165, 1.54) is 0 Å². The van der Waals surface area contributed by atoms with Crippen LogP contribution in [0.2, 0.25) is 0 Å². The molecule has 0 aromatic rings. The maximum absolute atomic E-state index is 8.68. The van der Waals surface area contributed by atoms with Gasteiger partial charge < -0.3 is 19.3 Å². The van der Waals surface area contributed by atoms with Crippen LogP contribution in [0.5, 0.6) is 0 Å². The number of hydrogen-bond acceptors (Lipinski definition) is 4. The molecule has 0 rings (SSSR count). The summed E-state index contributed by atoms with van der Waals surface area (Å²) in [5, 5.41) is 8.68. The van der Waals surface area contributed by atoms with Gasteiger partial charge in [0.1, 0.15) is 0 Å². The van der Waals surface area contributed by atoms with Crippen molar-refractivity contribution in [3.63, 3.8) is 0 Å². The molecule has 18 heavy (non-hydrogen) atoms. The average Bonchev–Trinajstić information content (AvgIpc) is 2.34. The summed E-state index contributed by atoms with van der Waals surface area (Å²) in [4.78, 5) is 0. The van der Waals surface area contributed by atoms with Gasteiger partial charge in [-0.3, -0.25) is 0 Å². The molecule has 0 saturated heterocycles. The van der Waals surface area contributed by atoms with Crippen LogP contribution in [0.1, 0.15) is 33.6 Å². The maximum Gasteiger partial charge on any atom is 0.0697 e. The topological polar surface area (TPSA) is 47.9 Å².